The van der Waals surface area contributed by atoms with Crippen molar-refractivity contribution < 1.29 is 9.13 Å². The largest absolute Gasteiger partial charge is 0.379 e. The van der Waals surface area contributed by atoms with E-state index in [0.29, 0.717) is 18.8 Å². The number of aromatic amines is 1. The van der Waals surface area contributed by atoms with Crippen molar-refractivity contribution in [3.8, 4) is 22.4 Å². The van der Waals surface area contributed by atoms with Gasteiger partial charge in [0, 0.05) is 24.2 Å². The van der Waals surface area contributed by atoms with Gasteiger partial charge in [0.1, 0.15) is 5.82 Å². The Kier molecular flexibility index (Phi) is 5.61. The van der Waals surface area contributed by atoms with Gasteiger partial charge in [-0.3, -0.25) is 10.00 Å². The van der Waals surface area contributed by atoms with Crippen molar-refractivity contribution in [2.75, 3.05) is 26.3 Å². The average molecular weight is 413 g/mol. The van der Waals surface area contributed by atoms with Gasteiger partial charge in [-0.25, -0.2) is 4.39 Å². The molecule has 1 aliphatic rings. The van der Waals surface area contributed by atoms with Crippen molar-refractivity contribution in [3.05, 3.63) is 102 Å². The fraction of sp³-hybridized carbons (Fsp3) is 0.192. The molecule has 0 bridgehead atoms. The van der Waals surface area contributed by atoms with Crippen LogP contribution in [0.2, 0.25) is 0 Å². The van der Waals surface area contributed by atoms with Crippen LogP contribution < -0.4 is 0 Å². The summed E-state index contributed by atoms with van der Waals surface area (Å²) in [5.41, 5.74) is 5.75. The van der Waals surface area contributed by atoms with Gasteiger partial charge in [0.15, 0.2) is 0 Å². The lowest BCUT2D eigenvalue weighted by Gasteiger charge is -2.35. The summed E-state index contributed by atoms with van der Waals surface area (Å²) in [7, 11) is 0. The van der Waals surface area contributed by atoms with Gasteiger partial charge < -0.3 is 4.74 Å². The number of ether oxygens (including phenoxy) is 1. The standard InChI is InChI=1S/C26H24FN3O/c27-24-9-5-4-8-22(24)25-23(18-28-29-25)26(30-14-16-31-17-15-30)21-12-10-20(11-13-21)19-6-2-1-3-7-19/h1-13,18,26H,14-17H2,(H,28,29). The second kappa shape index (κ2) is 8.84. The van der Waals surface area contributed by atoms with E-state index in [1.165, 1.54) is 17.2 Å². The highest BCUT2D eigenvalue weighted by atomic mass is 19.1. The minimum absolute atomic E-state index is 0.0397. The van der Waals surface area contributed by atoms with Gasteiger partial charge in [-0.15, -0.1) is 0 Å². The third-order valence-electron chi connectivity index (χ3n) is 5.85. The molecule has 0 amide bonds. The molecule has 1 N–H and O–H groups in total. The molecule has 1 saturated heterocycles. The van der Waals surface area contributed by atoms with Crippen LogP contribution in [-0.4, -0.2) is 41.4 Å². The first-order valence-corrected chi connectivity index (χ1v) is 10.6. The van der Waals surface area contributed by atoms with Crippen LogP contribution in [0.3, 0.4) is 0 Å². The predicted octanol–water partition coefficient (Wildman–Crippen LogP) is 5.30. The van der Waals surface area contributed by atoms with Gasteiger partial charge in [-0.1, -0.05) is 66.7 Å². The molecule has 1 atom stereocenters. The van der Waals surface area contributed by atoms with E-state index in [9.17, 15) is 4.39 Å². The Morgan fingerprint density at radius 1 is 0.839 bits per heavy atom. The summed E-state index contributed by atoms with van der Waals surface area (Å²) in [6, 6.07) is 25.8. The average Bonchev–Trinajstić information content (AvgIpc) is 3.30. The summed E-state index contributed by atoms with van der Waals surface area (Å²) in [5, 5.41) is 7.34. The van der Waals surface area contributed by atoms with E-state index in [4.69, 9.17) is 4.74 Å². The van der Waals surface area contributed by atoms with E-state index in [1.807, 2.05) is 30.5 Å². The van der Waals surface area contributed by atoms with Gasteiger partial charge in [0.2, 0.25) is 0 Å². The smallest absolute Gasteiger partial charge is 0.132 e. The fourth-order valence-electron chi connectivity index (χ4n) is 4.29. The Hall–Kier alpha value is -3.28. The highest BCUT2D eigenvalue weighted by molar-refractivity contribution is 5.66. The van der Waals surface area contributed by atoms with Gasteiger partial charge in [0.05, 0.1) is 31.1 Å². The summed E-state index contributed by atoms with van der Waals surface area (Å²) in [6.45, 7) is 3.00. The highest BCUT2D eigenvalue weighted by Gasteiger charge is 2.28. The molecule has 3 aromatic carbocycles. The molecule has 1 aromatic heterocycles. The summed E-state index contributed by atoms with van der Waals surface area (Å²) in [5.74, 6) is -0.256. The van der Waals surface area contributed by atoms with Crippen LogP contribution in [0.25, 0.3) is 22.4 Å². The molecule has 0 spiro atoms. The first kappa shape index (κ1) is 19.7. The zero-order valence-corrected chi connectivity index (χ0v) is 17.2. The van der Waals surface area contributed by atoms with E-state index in [1.54, 1.807) is 12.1 Å². The summed E-state index contributed by atoms with van der Waals surface area (Å²) < 4.78 is 20.2. The van der Waals surface area contributed by atoms with Crippen LogP contribution in [0, 0.1) is 5.82 Å². The van der Waals surface area contributed by atoms with Crippen molar-refractivity contribution in [2.45, 2.75) is 6.04 Å². The normalized spacial score (nSPS) is 15.6. The molecule has 4 nitrogen and oxygen atoms in total. The molecule has 5 rings (SSSR count). The van der Waals surface area contributed by atoms with Gasteiger partial charge >= 0.3 is 0 Å². The second-order valence-corrected chi connectivity index (χ2v) is 7.72. The van der Waals surface area contributed by atoms with Crippen LogP contribution in [0.4, 0.5) is 4.39 Å². The molecule has 1 fully saturated rings. The quantitative estimate of drug-likeness (QED) is 0.482. The number of hydrogen-bond acceptors (Lipinski definition) is 3. The van der Waals surface area contributed by atoms with E-state index in [-0.39, 0.29) is 11.9 Å². The molecule has 31 heavy (non-hydrogen) atoms. The highest BCUT2D eigenvalue weighted by Crippen LogP contribution is 2.36. The maximum absolute atomic E-state index is 14.6. The first-order valence-electron chi connectivity index (χ1n) is 10.6. The number of hydrogen-bond donors (Lipinski definition) is 1. The number of benzene rings is 3. The lowest BCUT2D eigenvalue weighted by molar-refractivity contribution is 0.0240. The Morgan fingerprint density at radius 3 is 2.26 bits per heavy atom. The van der Waals surface area contributed by atoms with Crippen LogP contribution in [-0.2, 0) is 4.74 Å². The molecule has 5 heteroatoms. The molecule has 0 aliphatic carbocycles. The molecular weight excluding hydrogens is 389 g/mol. The first-order chi connectivity index (χ1) is 15.3. The number of morpholine rings is 1. The SMILES string of the molecule is Fc1ccccc1-c1[nH]ncc1C(c1ccc(-c2ccccc2)cc1)N1CCOCC1. The van der Waals surface area contributed by atoms with E-state index >= 15 is 0 Å². The number of nitrogens with one attached hydrogen (secondary N) is 1. The van der Waals surface area contributed by atoms with Crippen LogP contribution in [0.5, 0.6) is 0 Å². The van der Waals surface area contributed by atoms with Gasteiger partial charge in [-0.05, 0) is 28.8 Å². The predicted molar refractivity (Wildman–Crippen MR) is 120 cm³/mol. The van der Waals surface area contributed by atoms with Crippen molar-refractivity contribution in [1.29, 1.82) is 0 Å². The lowest BCUT2D eigenvalue weighted by atomic mass is 9.93. The summed E-state index contributed by atoms with van der Waals surface area (Å²) >= 11 is 0. The summed E-state index contributed by atoms with van der Waals surface area (Å²) in [6.07, 6.45) is 1.83. The second-order valence-electron chi connectivity index (χ2n) is 7.72. The number of nitrogens with zero attached hydrogens (tertiary/aromatic N) is 2. The van der Waals surface area contributed by atoms with Crippen molar-refractivity contribution in [3.63, 3.8) is 0 Å². The Morgan fingerprint density at radius 2 is 1.52 bits per heavy atom. The molecule has 0 saturated carbocycles. The minimum atomic E-state index is -0.256. The zero-order chi connectivity index (χ0) is 21.0. The van der Waals surface area contributed by atoms with Crippen LogP contribution in [0.1, 0.15) is 17.2 Å². The van der Waals surface area contributed by atoms with Crippen LogP contribution in [0.15, 0.2) is 85.1 Å². The molecule has 1 unspecified atom stereocenters. The third-order valence-corrected chi connectivity index (χ3v) is 5.85. The Labute approximate surface area is 181 Å². The van der Waals surface area contributed by atoms with Gasteiger partial charge in [-0.2, -0.15) is 5.10 Å². The maximum Gasteiger partial charge on any atom is 0.132 e. The Bertz CT molecular complexity index is 1130. The Balaban J connectivity index is 1.57. The van der Waals surface area contributed by atoms with E-state index < -0.39 is 0 Å². The zero-order valence-electron chi connectivity index (χ0n) is 17.2. The molecule has 0 radical (unpaired) electrons. The fourth-order valence-corrected chi connectivity index (χ4v) is 4.29. The molecular formula is C26H24FN3O. The topological polar surface area (TPSA) is 41.2 Å². The van der Waals surface area contributed by atoms with E-state index in [0.717, 1.165) is 29.9 Å². The lowest BCUT2D eigenvalue weighted by Crippen LogP contribution is -2.39. The number of aromatic nitrogens is 2. The molecule has 1 aliphatic heterocycles. The number of H-pyrrole nitrogens is 1. The monoisotopic (exact) mass is 413 g/mol. The maximum atomic E-state index is 14.6. The molecule has 4 aromatic rings. The van der Waals surface area contributed by atoms with Crippen molar-refractivity contribution >= 4 is 0 Å². The summed E-state index contributed by atoms with van der Waals surface area (Å²) in [4.78, 5) is 2.39. The van der Waals surface area contributed by atoms with Crippen molar-refractivity contribution in [1.82, 2.24) is 15.1 Å². The molecule has 2 heterocycles. The third kappa shape index (κ3) is 4.02. The van der Waals surface area contributed by atoms with Gasteiger partial charge in [0.25, 0.3) is 0 Å². The van der Waals surface area contributed by atoms with Crippen molar-refractivity contribution in [2.24, 2.45) is 0 Å². The minimum Gasteiger partial charge on any atom is -0.379 e. The molecule has 156 valence electrons. The van der Waals surface area contributed by atoms with Crippen LogP contribution >= 0.6 is 0 Å². The van der Waals surface area contributed by atoms with E-state index in [2.05, 4.69) is 51.5 Å². The number of rotatable bonds is 5. The number of halogens is 1.